The predicted molar refractivity (Wildman–Crippen MR) is 66.0 cm³/mol. The van der Waals surface area contributed by atoms with Crippen LogP contribution in [0, 0.1) is 6.92 Å². The number of rotatable bonds is 6. The maximum absolute atomic E-state index is 6.19. The third-order valence-corrected chi connectivity index (χ3v) is 3.05. The largest absolute Gasteiger partial charge is 0.383 e. The Kier molecular flexibility index (Phi) is 5.25. The number of hydrogen-bond acceptors (Lipinski definition) is 3. The Morgan fingerprint density at radius 1 is 1.56 bits per heavy atom. The van der Waals surface area contributed by atoms with Crippen LogP contribution in [0.2, 0.25) is 5.15 Å². The first-order valence-corrected chi connectivity index (χ1v) is 5.88. The highest BCUT2D eigenvalue weighted by molar-refractivity contribution is 6.30. The second-order valence-electron chi connectivity index (χ2n) is 3.89. The van der Waals surface area contributed by atoms with Gasteiger partial charge < -0.3 is 10.1 Å². The topological polar surface area (TPSA) is 39.1 Å². The molecule has 4 nitrogen and oxygen atoms in total. The third kappa shape index (κ3) is 3.20. The van der Waals surface area contributed by atoms with E-state index in [1.807, 2.05) is 14.0 Å². The Balaban J connectivity index is 2.76. The van der Waals surface area contributed by atoms with Crippen molar-refractivity contribution in [2.24, 2.45) is 7.05 Å². The minimum Gasteiger partial charge on any atom is -0.383 e. The van der Waals surface area contributed by atoms with E-state index in [0.717, 1.165) is 29.4 Å². The van der Waals surface area contributed by atoms with Crippen molar-refractivity contribution in [1.29, 1.82) is 0 Å². The normalized spacial score (nSPS) is 13.1. The van der Waals surface area contributed by atoms with E-state index in [1.165, 1.54) is 0 Å². The molecule has 0 aliphatic heterocycles. The quantitative estimate of drug-likeness (QED) is 0.827. The van der Waals surface area contributed by atoms with Crippen LogP contribution < -0.4 is 5.32 Å². The second-order valence-corrected chi connectivity index (χ2v) is 4.25. The lowest BCUT2D eigenvalue weighted by Crippen LogP contribution is -2.35. The van der Waals surface area contributed by atoms with Gasteiger partial charge in [-0.3, -0.25) is 4.68 Å². The molecule has 1 aromatic heterocycles. The Morgan fingerprint density at radius 2 is 2.25 bits per heavy atom. The van der Waals surface area contributed by atoms with E-state index in [1.54, 1.807) is 11.8 Å². The van der Waals surface area contributed by atoms with Crippen LogP contribution in [-0.4, -0.2) is 36.1 Å². The zero-order valence-corrected chi connectivity index (χ0v) is 11.1. The number of hydrogen-bond donors (Lipinski definition) is 1. The van der Waals surface area contributed by atoms with Crippen LogP contribution in [0.1, 0.15) is 18.2 Å². The van der Waals surface area contributed by atoms with Gasteiger partial charge in [-0.1, -0.05) is 18.5 Å². The van der Waals surface area contributed by atoms with Crippen molar-refractivity contribution in [3.63, 3.8) is 0 Å². The minimum absolute atomic E-state index is 0.287. The fourth-order valence-corrected chi connectivity index (χ4v) is 2.08. The van der Waals surface area contributed by atoms with E-state index in [0.29, 0.717) is 6.61 Å². The molecular weight excluding hydrogens is 226 g/mol. The van der Waals surface area contributed by atoms with Crippen molar-refractivity contribution in [2.45, 2.75) is 26.3 Å². The fourth-order valence-electron chi connectivity index (χ4n) is 1.83. The molecular formula is C11H20ClN3O. The van der Waals surface area contributed by atoms with Crippen molar-refractivity contribution in [1.82, 2.24) is 15.1 Å². The van der Waals surface area contributed by atoms with E-state index < -0.39 is 0 Å². The van der Waals surface area contributed by atoms with Gasteiger partial charge in [0.05, 0.1) is 12.3 Å². The maximum Gasteiger partial charge on any atom is 0.130 e. The molecule has 0 aromatic carbocycles. The highest BCUT2D eigenvalue weighted by Crippen LogP contribution is 2.20. The number of nitrogens with zero attached hydrogens (tertiary/aromatic N) is 2. The lowest BCUT2D eigenvalue weighted by molar-refractivity contribution is 0.167. The third-order valence-electron chi connectivity index (χ3n) is 2.58. The molecule has 1 unspecified atom stereocenters. The molecule has 0 bridgehead atoms. The number of methoxy groups -OCH3 is 1. The Hall–Kier alpha value is -0.580. The van der Waals surface area contributed by atoms with Gasteiger partial charge in [-0.2, -0.15) is 5.10 Å². The molecule has 0 saturated carbocycles. The van der Waals surface area contributed by atoms with Gasteiger partial charge in [0, 0.05) is 25.8 Å². The first-order chi connectivity index (χ1) is 7.60. The smallest absolute Gasteiger partial charge is 0.130 e. The molecule has 1 atom stereocenters. The zero-order chi connectivity index (χ0) is 12.1. The summed E-state index contributed by atoms with van der Waals surface area (Å²) in [5, 5.41) is 8.39. The second kappa shape index (κ2) is 6.23. The maximum atomic E-state index is 6.19. The van der Waals surface area contributed by atoms with Gasteiger partial charge in [0.1, 0.15) is 5.15 Å². The Bertz CT molecular complexity index is 332. The molecule has 0 spiro atoms. The predicted octanol–water partition coefficient (Wildman–Crippen LogP) is 1.55. The number of ether oxygens (including phenoxy) is 1. The standard InChI is InChI=1S/C11H20ClN3O/c1-5-13-9(7-16-4)6-10-8(2)14-15(3)11(10)12/h9,13H,5-7H2,1-4H3. The highest BCUT2D eigenvalue weighted by atomic mass is 35.5. The molecule has 0 saturated heterocycles. The van der Waals surface area contributed by atoms with Crippen molar-refractivity contribution in [2.75, 3.05) is 20.3 Å². The molecule has 0 aliphatic carbocycles. The Labute approximate surface area is 102 Å². The van der Waals surface area contributed by atoms with Crippen LogP contribution in [0.25, 0.3) is 0 Å². The van der Waals surface area contributed by atoms with Crippen LogP contribution in [0.3, 0.4) is 0 Å². The van der Waals surface area contributed by atoms with Gasteiger partial charge in [0.15, 0.2) is 0 Å². The SMILES string of the molecule is CCNC(COC)Cc1c(C)nn(C)c1Cl. The number of aryl methyl sites for hydroxylation is 2. The summed E-state index contributed by atoms with van der Waals surface area (Å²) in [6.07, 6.45) is 0.847. The molecule has 92 valence electrons. The summed E-state index contributed by atoms with van der Waals surface area (Å²) in [7, 11) is 3.57. The molecule has 1 rings (SSSR count). The van der Waals surface area contributed by atoms with Crippen LogP contribution in [0.5, 0.6) is 0 Å². The van der Waals surface area contributed by atoms with Crippen LogP contribution in [-0.2, 0) is 18.2 Å². The van der Waals surface area contributed by atoms with Gasteiger partial charge in [0.25, 0.3) is 0 Å². The lowest BCUT2D eigenvalue weighted by atomic mass is 10.1. The van der Waals surface area contributed by atoms with Crippen LogP contribution in [0.15, 0.2) is 0 Å². The number of aromatic nitrogens is 2. The summed E-state index contributed by atoms with van der Waals surface area (Å²) in [4.78, 5) is 0. The molecule has 1 N–H and O–H groups in total. The zero-order valence-electron chi connectivity index (χ0n) is 10.4. The average molecular weight is 246 g/mol. The van der Waals surface area contributed by atoms with E-state index >= 15 is 0 Å². The van der Waals surface area contributed by atoms with E-state index in [-0.39, 0.29) is 6.04 Å². The monoisotopic (exact) mass is 245 g/mol. The summed E-state index contributed by atoms with van der Waals surface area (Å²) in [6, 6.07) is 0.287. The van der Waals surface area contributed by atoms with Crippen molar-refractivity contribution < 1.29 is 4.74 Å². The molecule has 1 heterocycles. The van der Waals surface area contributed by atoms with Crippen molar-refractivity contribution in [3.8, 4) is 0 Å². The van der Waals surface area contributed by atoms with Crippen molar-refractivity contribution >= 4 is 11.6 Å². The van der Waals surface area contributed by atoms with Gasteiger partial charge >= 0.3 is 0 Å². The molecule has 16 heavy (non-hydrogen) atoms. The molecule has 1 aromatic rings. The first kappa shape index (κ1) is 13.5. The van der Waals surface area contributed by atoms with E-state index in [2.05, 4.69) is 17.3 Å². The molecule has 0 aliphatic rings. The van der Waals surface area contributed by atoms with Gasteiger partial charge in [-0.05, 0) is 19.9 Å². The lowest BCUT2D eigenvalue weighted by Gasteiger charge is -2.16. The summed E-state index contributed by atoms with van der Waals surface area (Å²) in [6.45, 7) is 5.67. The number of halogens is 1. The van der Waals surface area contributed by atoms with E-state index in [4.69, 9.17) is 16.3 Å². The molecule has 0 amide bonds. The van der Waals surface area contributed by atoms with Crippen LogP contribution >= 0.6 is 11.6 Å². The highest BCUT2D eigenvalue weighted by Gasteiger charge is 2.16. The number of nitrogens with one attached hydrogen (secondary N) is 1. The summed E-state index contributed by atoms with van der Waals surface area (Å²) in [5.74, 6) is 0. The molecule has 0 fully saturated rings. The summed E-state index contributed by atoms with van der Waals surface area (Å²) in [5.41, 5.74) is 2.10. The molecule has 5 heteroatoms. The van der Waals surface area contributed by atoms with Gasteiger partial charge in [0.2, 0.25) is 0 Å². The fraction of sp³-hybridized carbons (Fsp3) is 0.727. The van der Waals surface area contributed by atoms with E-state index in [9.17, 15) is 0 Å². The minimum atomic E-state index is 0.287. The van der Waals surface area contributed by atoms with Crippen LogP contribution in [0.4, 0.5) is 0 Å². The Morgan fingerprint density at radius 3 is 2.69 bits per heavy atom. The van der Waals surface area contributed by atoms with Gasteiger partial charge in [-0.25, -0.2) is 0 Å². The molecule has 0 radical (unpaired) electrons. The number of likely N-dealkylation sites (N-methyl/N-ethyl adjacent to an activating group) is 1. The average Bonchev–Trinajstić information content (AvgIpc) is 2.46. The van der Waals surface area contributed by atoms with Gasteiger partial charge in [-0.15, -0.1) is 0 Å². The summed E-state index contributed by atoms with van der Waals surface area (Å²) < 4.78 is 6.89. The van der Waals surface area contributed by atoms with Crippen molar-refractivity contribution in [3.05, 3.63) is 16.4 Å². The first-order valence-electron chi connectivity index (χ1n) is 5.50. The summed E-state index contributed by atoms with van der Waals surface area (Å²) >= 11 is 6.19.